The van der Waals surface area contributed by atoms with Crippen LogP contribution in [0.3, 0.4) is 0 Å². The van der Waals surface area contributed by atoms with Crippen LogP contribution in [0.4, 0.5) is 5.69 Å². The molecule has 1 fully saturated rings. The van der Waals surface area contributed by atoms with Crippen molar-refractivity contribution >= 4 is 28.8 Å². The summed E-state index contributed by atoms with van der Waals surface area (Å²) in [4.78, 5) is 26.4. The van der Waals surface area contributed by atoms with Crippen molar-refractivity contribution in [2.75, 3.05) is 5.32 Å². The molecule has 2 heterocycles. The van der Waals surface area contributed by atoms with Crippen LogP contribution in [0.1, 0.15) is 38.4 Å². The minimum absolute atomic E-state index is 0.113. The number of rotatable bonds is 5. The number of aryl methyl sites for hydroxylation is 1. The molecule has 0 atom stereocenters. The Balaban J connectivity index is 1.51. The monoisotopic (exact) mass is 394 g/mol. The Bertz CT molecular complexity index is 1060. The highest BCUT2D eigenvalue weighted by Crippen LogP contribution is 2.28. The molecule has 0 aliphatic heterocycles. The molecule has 0 unspecified atom stereocenters. The van der Waals surface area contributed by atoms with Gasteiger partial charge < -0.3 is 10.6 Å². The zero-order valence-electron chi connectivity index (χ0n) is 15.3. The number of pyridine rings is 1. The van der Waals surface area contributed by atoms with E-state index in [0.717, 1.165) is 33.6 Å². The summed E-state index contributed by atoms with van der Waals surface area (Å²) in [6, 6.07) is 12.8. The Kier molecular flexibility index (Phi) is 4.83. The molecule has 6 nitrogen and oxygen atoms in total. The van der Waals surface area contributed by atoms with Crippen LogP contribution in [0.15, 0.2) is 54.9 Å². The zero-order chi connectivity index (χ0) is 19.7. The summed E-state index contributed by atoms with van der Waals surface area (Å²) in [6.45, 7) is 1.89. The van der Waals surface area contributed by atoms with Gasteiger partial charge in [0.2, 0.25) is 12.4 Å². The maximum atomic E-state index is 12.7. The van der Waals surface area contributed by atoms with Crippen molar-refractivity contribution < 1.29 is 19.5 Å². The summed E-state index contributed by atoms with van der Waals surface area (Å²) in [7, 11) is 0. The first-order chi connectivity index (χ1) is 13.5. The summed E-state index contributed by atoms with van der Waals surface area (Å²) in [6.07, 6.45) is 5.17. The van der Waals surface area contributed by atoms with E-state index in [1.54, 1.807) is 30.5 Å². The van der Waals surface area contributed by atoms with Crippen molar-refractivity contribution in [3.05, 3.63) is 70.9 Å². The first-order valence-corrected chi connectivity index (χ1v) is 9.85. The van der Waals surface area contributed by atoms with E-state index >= 15 is 0 Å². The molecule has 28 heavy (non-hydrogen) atoms. The van der Waals surface area contributed by atoms with E-state index in [9.17, 15) is 14.8 Å². The number of benzene rings is 1. The van der Waals surface area contributed by atoms with Gasteiger partial charge in [-0.25, -0.2) is 0 Å². The predicted octanol–water partition coefficient (Wildman–Crippen LogP) is 3.39. The smallest absolute Gasteiger partial charge is 0.265 e. The van der Waals surface area contributed by atoms with Gasteiger partial charge in [-0.2, -0.15) is 0 Å². The van der Waals surface area contributed by atoms with Gasteiger partial charge >= 0.3 is 0 Å². The number of hydrogen-bond donors (Lipinski definition) is 3. The minimum atomic E-state index is -0.230. The van der Waals surface area contributed by atoms with Crippen molar-refractivity contribution in [1.29, 1.82) is 0 Å². The Labute approximate surface area is 166 Å². The van der Waals surface area contributed by atoms with Gasteiger partial charge in [0, 0.05) is 33.0 Å². The fourth-order valence-corrected chi connectivity index (χ4v) is 3.69. The van der Waals surface area contributed by atoms with Crippen LogP contribution in [0, 0.1) is 6.92 Å². The highest BCUT2D eigenvalue weighted by Gasteiger charge is 2.24. The topological polar surface area (TPSA) is 82.3 Å². The molecule has 7 heteroatoms. The predicted molar refractivity (Wildman–Crippen MR) is 107 cm³/mol. The van der Waals surface area contributed by atoms with Crippen molar-refractivity contribution in [3.8, 4) is 10.4 Å². The number of nitrogens with zero attached hydrogens (tertiary/aromatic N) is 1. The van der Waals surface area contributed by atoms with Crippen LogP contribution in [-0.4, -0.2) is 23.1 Å². The SMILES string of the molecule is Cc1ccc(C(=O)NC2CC2)cc1NC(=O)c1ccc(-c2ccc[n+](O)c2)s1. The van der Waals surface area contributed by atoms with Crippen molar-refractivity contribution in [2.24, 2.45) is 0 Å². The maximum Gasteiger partial charge on any atom is 0.265 e. The third kappa shape index (κ3) is 4.04. The van der Waals surface area contributed by atoms with E-state index in [2.05, 4.69) is 10.6 Å². The molecule has 0 saturated heterocycles. The lowest BCUT2D eigenvalue weighted by Crippen LogP contribution is -2.28. The molecular formula is C21H20N3O3S+. The molecule has 0 bridgehead atoms. The van der Waals surface area contributed by atoms with E-state index < -0.39 is 0 Å². The number of anilines is 1. The van der Waals surface area contributed by atoms with Crippen LogP contribution < -0.4 is 15.4 Å². The minimum Gasteiger partial charge on any atom is -0.349 e. The van der Waals surface area contributed by atoms with E-state index in [1.165, 1.54) is 17.5 Å². The van der Waals surface area contributed by atoms with Crippen molar-refractivity contribution in [1.82, 2.24) is 5.32 Å². The molecule has 0 spiro atoms. The Morgan fingerprint density at radius 3 is 2.71 bits per heavy atom. The molecule has 142 valence electrons. The van der Waals surface area contributed by atoms with E-state index in [1.807, 2.05) is 25.1 Å². The Morgan fingerprint density at radius 1 is 1.14 bits per heavy atom. The number of carbonyl (C=O) groups is 2. The second-order valence-corrected chi connectivity index (χ2v) is 7.95. The van der Waals surface area contributed by atoms with Crippen LogP contribution in [0.5, 0.6) is 0 Å². The van der Waals surface area contributed by atoms with Gasteiger partial charge in [-0.15, -0.1) is 11.3 Å². The molecule has 3 N–H and O–H groups in total. The van der Waals surface area contributed by atoms with Crippen LogP contribution in [-0.2, 0) is 0 Å². The average Bonchev–Trinajstić information content (AvgIpc) is 3.34. The van der Waals surface area contributed by atoms with Crippen molar-refractivity contribution in [3.63, 3.8) is 0 Å². The third-order valence-corrected chi connectivity index (χ3v) is 5.69. The number of nitrogens with one attached hydrogen (secondary N) is 2. The lowest BCUT2D eigenvalue weighted by atomic mass is 10.1. The average molecular weight is 394 g/mol. The Hall–Kier alpha value is -3.19. The first kappa shape index (κ1) is 18.2. The molecule has 1 aromatic carbocycles. The second-order valence-electron chi connectivity index (χ2n) is 6.87. The summed E-state index contributed by atoms with van der Waals surface area (Å²) in [5.74, 6) is -0.343. The fraction of sp³-hybridized carbons (Fsp3) is 0.190. The van der Waals surface area contributed by atoms with Gasteiger partial charge in [-0.3, -0.25) is 14.8 Å². The third-order valence-electron chi connectivity index (χ3n) is 4.56. The highest BCUT2D eigenvalue weighted by molar-refractivity contribution is 7.17. The summed E-state index contributed by atoms with van der Waals surface area (Å²) in [5, 5.41) is 15.4. The molecule has 1 saturated carbocycles. The van der Waals surface area contributed by atoms with Gasteiger partial charge in [0.05, 0.1) is 10.4 Å². The van der Waals surface area contributed by atoms with Crippen LogP contribution in [0.2, 0.25) is 0 Å². The number of carbonyl (C=O) groups excluding carboxylic acids is 2. The molecule has 3 aromatic rings. The molecular weight excluding hydrogens is 374 g/mol. The summed E-state index contributed by atoms with van der Waals surface area (Å²) in [5.41, 5.74) is 2.87. The molecule has 1 aliphatic carbocycles. The molecule has 1 aliphatic rings. The van der Waals surface area contributed by atoms with E-state index in [4.69, 9.17) is 0 Å². The van der Waals surface area contributed by atoms with Crippen molar-refractivity contribution in [2.45, 2.75) is 25.8 Å². The number of hydrogen-bond acceptors (Lipinski definition) is 4. The van der Waals surface area contributed by atoms with Gasteiger partial charge in [0.1, 0.15) is 0 Å². The van der Waals surface area contributed by atoms with Crippen LogP contribution >= 0.6 is 11.3 Å². The van der Waals surface area contributed by atoms with Gasteiger partial charge in [-0.05, 0) is 55.7 Å². The largest absolute Gasteiger partial charge is 0.349 e. The fourth-order valence-electron chi connectivity index (χ4n) is 2.80. The van der Waals surface area contributed by atoms with Gasteiger partial charge in [0.15, 0.2) is 0 Å². The quantitative estimate of drug-likeness (QED) is 0.458. The number of aromatic nitrogens is 1. The molecule has 2 aromatic heterocycles. The number of thiophene rings is 1. The normalized spacial score (nSPS) is 13.2. The summed E-state index contributed by atoms with van der Waals surface area (Å²) < 4.78 is 0.982. The highest BCUT2D eigenvalue weighted by atomic mass is 32.1. The second kappa shape index (κ2) is 7.44. The van der Waals surface area contributed by atoms with Crippen LogP contribution in [0.25, 0.3) is 10.4 Å². The van der Waals surface area contributed by atoms with Gasteiger partial charge in [0.25, 0.3) is 11.8 Å². The van der Waals surface area contributed by atoms with Gasteiger partial charge in [-0.1, -0.05) is 6.07 Å². The first-order valence-electron chi connectivity index (χ1n) is 9.03. The maximum absolute atomic E-state index is 12.7. The number of amides is 2. The molecule has 4 rings (SSSR count). The van der Waals surface area contributed by atoms with E-state index in [0.29, 0.717) is 16.1 Å². The zero-order valence-corrected chi connectivity index (χ0v) is 16.1. The van der Waals surface area contributed by atoms with E-state index in [-0.39, 0.29) is 17.9 Å². The molecule has 0 radical (unpaired) electrons. The summed E-state index contributed by atoms with van der Waals surface area (Å²) >= 11 is 1.34. The lowest BCUT2D eigenvalue weighted by molar-refractivity contribution is -0.904. The molecule has 2 amide bonds. The Morgan fingerprint density at radius 2 is 1.96 bits per heavy atom. The lowest BCUT2D eigenvalue weighted by Gasteiger charge is -2.10. The standard InChI is InChI=1S/C21H19N3O3S/c1-13-4-5-14(20(25)22-16-6-7-16)11-17(13)23-21(26)19-9-8-18(28-19)15-3-2-10-24(27)12-15/h2-5,8-12,16H,6-7H2,1H3,(H2-,22,23,25,26,27)/p+1.